The molecule has 2 aromatic rings. The van der Waals surface area contributed by atoms with Crippen LogP contribution in [0.5, 0.6) is 0 Å². The molecule has 1 aromatic heterocycles. The third-order valence-electron chi connectivity index (χ3n) is 2.08. The van der Waals surface area contributed by atoms with Crippen LogP contribution >= 0.6 is 11.6 Å². The Bertz CT molecular complexity index is 597. The van der Waals surface area contributed by atoms with Gasteiger partial charge in [-0.3, -0.25) is 14.9 Å². The van der Waals surface area contributed by atoms with E-state index in [4.69, 9.17) is 11.6 Å². The second kappa shape index (κ2) is 4.84. The Morgan fingerprint density at radius 1 is 1.44 bits per heavy atom. The molecule has 2 rings (SSSR count). The van der Waals surface area contributed by atoms with E-state index in [1.165, 1.54) is 24.5 Å². The number of hydrogen-bond acceptors (Lipinski definition) is 5. The van der Waals surface area contributed by atoms with Crippen LogP contribution in [0.15, 0.2) is 35.1 Å². The smallest absolute Gasteiger partial charge is 0.288 e. The van der Waals surface area contributed by atoms with Crippen molar-refractivity contribution in [2.24, 2.45) is 0 Å². The third-order valence-corrected chi connectivity index (χ3v) is 2.40. The predicted octanol–water partition coefficient (Wildman–Crippen LogP) is 2.49. The monoisotopic (exact) mass is 267 g/mol. The first-order valence-electron chi connectivity index (χ1n) is 4.73. The van der Waals surface area contributed by atoms with E-state index in [0.29, 0.717) is 0 Å². The normalized spacial score (nSPS) is 10.1. The summed E-state index contributed by atoms with van der Waals surface area (Å²) in [5, 5.41) is 16.6. The fraction of sp³-hybridized carbons (Fsp3) is 0. The Hall–Kier alpha value is -2.41. The third kappa shape index (κ3) is 2.46. The maximum absolute atomic E-state index is 11.7. The maximum atomic E-state index is 11.7. The minimum absolute atomic E-state index is 0.0296. The standard InChI is InChI=1S/C10H6ClN3O4/c11-7-2-1-6(5-8(7)14(16)17)10(15)12-9-3-4-18-13-9/h1-5H,(H,12,13,15). The first-order valence-corrected chi connectivity index (χ1v) is 5.11. The number of nitro groups is 1. The summed E-state index contributed by atoms with van der Waals surface area (Å²) in [4.78, 5) is 21.8. The van der Waals surface area contributed by atoms with Crippen molar-refractivity contribution in [1.29, 1.82) is 0 Å². The lowest BCUT2D eigenvalue weighted by Gasteiger charge is -2.02. The van der Waals surface area contributed by atoms with E-state index in [1.54, 1.807) is 0 Å². The number of carbonyl (C=O) groups excluding carboxylic acids is 1. The molecular formula is C10H6ClN3O4. The van der Waals surface area contributed by atoms with Crippen molar-refractivity contribution >= 4 is 29.0 Å². The van der Waals surface area contributed by atoms with Gasteiger partial charge in [-0.2, -0.15) is 0 Å². The van der Waals surface area contributed by atoms with Crippen LogP contribution in [-0.4, -0.2) is 16.0 Å². The van der Waals surface area contributed by atoms with Gasteiger partial charge in [0.15, 0.2) is 5.82 Å². The molecule has 0 radical (unpaired) electrons. The molecule has 0 fully saturated rings. The van der Waals surface area contributed by atoms with Crippen LogP contribution < -0.4 is 5.32 Å². The van der Waals surface area contributed by atoms with Crippen LogP contribution in [-0.2, 0) is 0 Å². The van der Waals surface area contributed by atoms with Gasteiger partial charge in [-0.05, 0) is 12.1 Å². The topological polar surface area (TPSA) is 98.3 Å². The van der Waals surface area contributed by atoms with Gasteiger partial charge in [0.2, 0.25) is 0 Å². The van der Waals surface area contributed by atoms with Crippen molar-refractivity contribution in [3.8, 4) is 0 Å². The number of anilines is 1. The summed E-state index contributed by atoms with van der Waals surface area (Å²) in [6.45, 7) is 0. The number of carbonyl (C=O) groups is 1. The number of hydrogen-bond donors (Lipinski definition) is 1. The molecule has 0 unspecified atom stereocenters. The Balaban J connectivity index is 2.26. The number of amides is 1. The molecule has 1 amide bonds. The predicted molar refractivity (Wildman–Crippen MR) is 62.6 cm³/mol. The molecule has 1 aromatic carbocycles. The van der Waals surface area contributed by atoms with Crippen molar-refractivity contribution in [1.82, 2.24) is 5.16 Å². The lowest BCUT2D eigenvalue weighted by Crippen LogP contribution is -2.12. The van der Waals surface area contributed by atoms with Gasteiger partial charge in [-0.1, -0.05) is 16.8 Å². The van der Waals surface area contributed by atoms with Crippen molar-refractivity contribution in [3.05, 3.63) is 51.2 Å². The molecule has 1 N–H and O–H groups in total. The molecule has 18 heavy (non-hydrogen) atoms. The average Bonchev–Trinajstić information content (AvgIpc) is 2.81. The quantitative estimate of drug-likeness (QED) is 0.680. The molecule has 0 spiro atoms. The molecule has 0 aliphatic rings. The van der Waals surface area contributed by atoms with Crippen molar-refractivity contribution < 1.29 is 14.2 Å². The Morgan fingerprint density at radius 2 is 2.22 bits per heavy atom. The van der Waals surface area contributed by atoms with E-state index < -0.39 is 10.8 Å². The Kier molecular flexibility index (Phi) is 3.24. The second-order valence-corrected chi connectivity index (χ2v) is 3.67. The molecule has 0 atom stereocenters. The fourth-order valence-electron chi connectivity index (χ4n) is 1.26. The molecule has 0 bridgehead atoms. The average molecular weight is 268 g/mol. The highest BCUT2D eigenvalue weighted by molar-refractivity contribution is 6.32. The lowest BCUT2D eigenvalue weighted by molar-refractivity contribution is -0.384. The minimum Gasteiger partial charge on any atom is -0.363 e. The number of aromatic nitrogens is 1. The van der Waals surface area contributed by atoms with Crippen LogP contribution in [0.4, 0.5) is 11.5 Å². The summed E-state index contributed by atoms with van der Waals surface area (Å²) in [6, 6.07) is 5.21. The molecule has 0 aliphatic carbocycles. The van der Waals surface area contributed by atoms with E-state index in [2.05, 4.69) is 15.0 Å². The van der Waals surface area contributed by atoms with Gasteiger partial charge in [-0.25, -0.2) is 0 Å². The summed E-state index contributed by atoms with van der Waals surface area (Å²) in [6.07, 6.45) is 1.29. The van der Waals surface area contributed by atoms with E-state index >= 15 is 0 Å². The highest BCUT2D eigenvalue weighted by atomic mass is 35.5. The van der Waals surface area contributed by atoms with E-state index in [1.807, 2.05) is 0 Å². The van der Waals surface area contributed by atoms with Gasteiger partial charge >= 0.3 is 0 Å². The van der Waals surface area contributed by atoms with Crippen LogP contribution in [0, 0.1) is 10.1 Å². The van der Waals surface area contributed by atoms with E-state index in [9.17, 15) is 14.9 Å². The highest BCUT2D eigenvalue weighted by Crippen LogP contribution is 2.25. The minimum atomic E-state index is -0.658. The summed E-state index contributed by atoms with van der Waals surface area (Å²) < 4.78 is 4.54. The SMILES string of the molecule is O=C(Nc1ccon1)c1ccc(Cl)c([N+](=O)[O-])c1. The largest absolute Gasteiger partial charge is 0.363 e. The zero-order chi connectivity index (χ0) is 13.1. The van der Waals surface area contributed by atoms with Crippen LogP contribution in [0.3, 0.4) is 0 Å². The molecule has 0 saturated carbocycles. The van der Waals surface area contributed by atoms with Crippen LogP contribution in [0.25, 0.3) is 0 Å². The molecule has 92 valence electrons. The maximum Gasteiger partial charge on any atom is 0.288 e. The van der Waals surface area contributed by atoms with Gasteiger partial charge in [0, 0.05) is 17.7 Å². The number of nitro benzene ring substituents is 1. The zero-order valence-corrected chi connectivity index (χ0v) is 9.55. The van der Waals surface area contributed by atoms with Crippen molar-refractivity contribution in [2.75, 3.05) is 5.32 Å². The molecule has 1 heterocycles. The zero-order valence-electron chi connectivity index (χ0n) is 8.79. The molecule has 0 saturated heterocycles. The molecule has 7 nitrogen and oxygen atoms in total. The number of nitrogens with zero attached hydrogens (tertiary/aromatic N) is 2. The van der Waals surface area contributed by atoms with E-state index in [-0.39, 0.29) is 22.1 Å². The summed E-state index contributed by atoms with van der Waals surface area (Å²) in [7, 11) is 0. The second-order valence-electron chi connectivity index (χ2n) is 3.26. The van der Waals surface area contributed by atoms with Crippen LogP contribution in [0.2, 0.25) is 5.02 Å². The van der Waals surface area contributed by atoms with Gasteiger partial charge in [0.1, 0.15) is 11.3 Å². The molecule has 0 aliphatic heterocycles. The number of halogens is 1. The first-order chi connectivity index (χ1) is 8.58. The van der Waals surface area contributed by atoms with Gasteiger partial charge in [-0.15, -0.1) is 0 Å². The Morgan fingerprint density at radius 3 is 2.83 bits per heavy atom. The van der Waals surface area contributed by atoms with Crippen LogP contribution in [0.1, 0.15) is 10.4 Å². The highest BCUT2D eigenvalue weighted by Gasteiger charge is 2.16. The van der Waals surface area contributed by atoms with Crippen molar-refractivity contribution in [2.45, 2.75) is 0 Å². The molecule has 8 heteroatoms. The first kappa shape index (κ1) is 12.1. The molecular weight excluding hydrogens is 262 g/mol. The number of nitrogens with one attached hydrogen (secondary N) is 1. The van der Waals surface area contributed by atoms with E-state index in [0.717, 1.165) is 6.07 Å². The summed E-state index contributed by atoms with van der Waals surface area (Å²) in [5.41, 5.74) is -0.224. The van der Waals surface area contributed by atoms with Crippen molar-refractivity contribution in [3.63, 3.8) is 0 Å². The fourth-order valence-corrected chi connectivity index (χ4v) is 1.45. The van der Waals surface area contributed by atoms with Gasteiger partial charge in [0.25, 0.3) is 11.6 Å². The summed E-state index contributed by atoms with van der Waals surface area (Å²) >= 11 is 5.64. The lowest BCUT2D eigenvalue weighted by atomic mass is 10.2. The Labute approximate surface area is 105 Å². The summed E-state index contributed by atoms with van der Waals surface area (Å²) in [5.74, 6) is -0.318. The number of rotatable bonds is 3. The van der Waals surface area contributed by atoms with Gasteiger partial charge < -0.3 is 9.84 Å². The van der Waals surface area contributed by atoms with Gasteiger partial charge in [0.05, 0.1) is 4.92 Å². The number of benzene rings is 1.